The van der Waals surface area contributed by atoms with Crippen molar-refractivity contribution in [3.8, 4) is 11.5 Å². The summed E-state index contributed by atoms with van der Waals surface area (Å²) in [6.45, 7) is 3.00. The van der Waals surface area contributed by atoms with Crippen molar-refractivity contribution in [1.29, 1.82) is 0 Å². The van der Waals surface area contributed by atoms with Crippen molar-refractivity contribution in [3.63, 3.8) is 0 Å². The van der Waals surface area contributed by atoms with E-state index in [1.807, 2.05) is 0 Å². The Bertz CT molecular complexity index is 329. The topological polar surface area (TPSA) is 52.5 Å². The second-order valence-electron chi connectivity index (χ2n) is 3.49. The minimum Gasteiger partial charge on any atom is -0.504 e. The van der Waals surface area contributed by atoms with Gasteiger partial charge >= 0.3 is 0 Å². The first-order chi connectivity index (χ1) is 7.15. The molecule has 0 amide bonds. The van der Waals surface area contributed by atoms with Gasteiger partial charge < -0.3 is 15.5 Å². The molecule has 0 saturated carbocycles. The smallest absolute Gasteiger partial charge is 0.159 e. The third-order valence-corrected chi connectivity index (χ3v) is 2.56. The summed E-state index contributed by atoms with van der Waals surface area (Å²) in [6.07, 6.45) is 3.45. The predicted octanol–water partition coefficient (Wildman–Crippen LogP) is 2.99. The highest BCUT2D eigenvalue weighted by atomic mass is 32.1. The Hall–Kier alpha value is -1.03. The van der Waals surface area contributed by atoms with Crippen LogP contribution in [0, 0.1) is 0 Å². The molecule has 1 rings (SSSR count). The predicted molar refractivity (Wildman–Crippen MR) is 65.0 cm³/mol. The van der Waals surface area contributed by atoms with Crippen LogP contribution >= 0.6 is 12.6 Å². The molecule has 0 atom stereocenters. The molecule has 0 fully saturated rings. The van der Waals surface area contributed by atoms with E-state index in [4.69, 9.17) is 0 Å². The molecule has 0 spiro atoms. The number of phenols is 2. The summed E-state index contributed by atoms with van der Waals surface area (Å²) < 4.78 is 0. The SMILES string of the molecule is CCCCCNc1cc(O)c(O)cc1S. The maximum Gasteiger partial charge on any atom is 0.159 e. The zero-order valence-corrected chi connectivity index (χ0v) is 9.72. The first kappa shape index (κ1) is 12.0. The standard InChI is InChI=1S/C11H17NO2S/c1-2-3-4-5-12-8-6-9(13)10(14)7-11(8)15/h6-7,12-15H,2-5H2,1H3. The molecule has 1 aromatic rings. The molecule has 0 saturated heterocycles. The monoisotopic (exact) mass is 227 g/mol. The Kier molecular flexibility index (Phi) is 4.62. The Morgan fingerprint density at radius 3 is 2.53 bits per heavy atom. The van der Waals surface area contributed by atoms with E-state index < -0.39 is 0 Å². The maximum absolute atomic E-state index is 9.30. The van der Waals surface area contributed by atoms with Crippen LogP contribution in [0.4, 0.5) is 5.69 Å². The molecule has 4 heteroatoms. The van der Waals surface area contributed by atoms with Gasteiger partial charge in [-0.05, 0) is 12.5 Å². The van der Waals surface area contributed by atoms with E-state index in [2.05, 4.69) is 24.9 Å². The first-order valence-electron chi connectivity index (χ1n) is 5.14. The lowest BCUT2D eigenvalue weighted by molar-refractivity contribution is 0.403. The van der Waals surface area contributed by atoms with E-state index in [-0.39, 0.29) is 11.5 Å². The molecule has 0 bridgehead atoms. The second-order valence-corrected chi connectivity index (χ2v) is 3.97. The van der Waals surface area contributed by atoms with Crippen LogP contribution in [0.15, 0.2) is 17.0 Å². The van der Waals surface area contributed by atoms with Gasteiger partial charge in [-0.3, -0.25) is 0 Å². The van der Waals surface area contributed by atoms with E-state index in [0.717, 1.165) is 18.7 Å². The molecule has 1 aromatic carbocycles. The molecule has 0 aromatic heterocycles. The van der Waals surface area contributed by atoms with Gasteiger partial charge in [0.2, 0.25) is 0 Å². The summed E-state index contributed by atoms with van der Waals surface area (Å²) in [5, 5.41) is 21.7. The van der Waals surface area contributed by atoms with Crippen molar-refractivity contribution in [2.24, 2.45) is 0 Å². The molecule has 0 unspecified atom stereocenters. The number of anilines is 1. The van der Waals surface area contributed by atoms with E-state index in [1.165, 1.54) is 25.0 Å². The molecule has 84 valence electrons. The van der Waals surface area contributed by atoms with Crippen LogP contribution in [0.2, 0.25) is 0 Å². The maximum atomic E-state index is 9.30. The third kappa shape index (κ3) is 3.55. The highest BCUT2D eigenvalue weighted by Crippen LogP contribution is 2.33. The normalized spacial score (nSPS) is 10.3. The fraction of sp³-hybridized carbons (Fsp3) is 0.455. The number of hydrogen-bond acceptors (Lipinski definition) is 4. The van der Waals surface area contributed by atoms with Gasteiger partial charge in [-0.25, -0.2) is 0 Å². The van der Waals surface area contributed by atoms with Crippen molar-refractivity contribution in [1.82, 2.24) is 0 Å². The molecule has 0 aliphatic carbocycles. The summed E-state index contributed by atoms with van der Waals surface area (Å²) >= 11 is 4.21. The lowest BCUT2D eigenvalue weighted by Crippen LogP contribution is -2.01. The van der Waals surface area contributed by atoms with Gasteiger partial charge in [0.1, 0.15) is 0 Å². The quantitative estimate of drug-likeness (QED) is 0.271. The molecule has 3 N–H and O–H groups in total. The largest absolute Gasteiger partial charge is 0.504 e. The number of nitrogens with one attached hydrogen (secondary N) is 1. The number of thiol groups is 1. The molecule has 15 heavy (non-hydrogen) atoms. The fourth-order valence-electron chi connectivity index (χ4n) is 1.31. The Balaban J connectivity index is 2.57. The summed E-state index contributed by atoms with van der Waals surface area (Å²) in [4.78, 5) is 0.641. The molecule has 0 heterocycles. The van der Waals surface area contributed by atoms with Crippen LogP contribution in [0.5, 0.6) is 11.5 Å². The minimum absolute atomic E-state index is 0.120. The van der Waals surface area contributed by atoms with E-state index in [1.54, 1.807) is 0 Å². The lowest BCUT2D eigenvalue weighted by Gasteiger charge is -2.09. The summed E-state index contributed by atoms with van der Waals surface area (Å²) in [7, 11) is 0. The van der Waals surface area contributed by atoms with Gasteiger partial charge in [-0.15, -0.1) is 12.6 Å². The number of benzene rings is 1. The van der Waals surface area contributed by atoms with Gasteiger partial charge in [-0.2, -0.15) is 0 Å². The zero-order valence-electron chi connectivity index (χ0n) is 8.82. The van der Waals surface area contributed by atoms with Gasteiger partial charge in [0.25, 0.3) is 0 Å². The Morgan fingerprint density at radius 1 is 1.20 bits per heavy atom. The van der Waals surface area contributed by atoms with E-state index in [9.17, 15) is 10.2 Å². The van der Waals surface area contributed by atoms with Crippen LogP contribution in [0.1, 0.15) is 26.2 Å². The molecule has 0 aliphatic rings. The number of hydrogen-bond donors (Lipinski definition) is 4. The van der Waals surface area contributed by atoms with Gasteiger partial charge in [-0.1, -0.05) is 19.8 Å². The van der Waals surface area contributed by atoms with Crippen LogP contribution < -0.4 is 5.32 Å². The molecular weight excluding hydrogens is 210 g/mol. The summed E-state index contributed by atoms with van der Waals surface area (Å²) in [6, 6.07) is 2.92. The summed E-state index contributed by atoms with van der Waals surface area (Å²) in [5.41, 5.74) is 0.754. The summed E-state index contributed by atoms with van der Waals surface area (Å²) in [5.74, 6) is -0.259. The van der Waals surface area contributed by atoms with Crippen molar-refractivity contribution in [2.45, 2.75) is 31.1 Å². The Morgan fingerprint density at radius 2 is 1.87 bits per heavy atom. The van der Waals surface area contributed by atoms with E-state index >= 15 is 0 Å². The Labute approximate surface area is 95.5 Å². The second kappa shape index (κ2) is 5.75. The van der Waals surface area contributed by atoms with E-state index in [0.29, 0.717) is 4.90 Å². The number of aromatic hydroxyl groups is 2. The lowest BCUT2D eigenvalue weighted by atomic mass is 10.2. The van der Waals surface area contributed by atoms with Crippen molar-refractivity contribution in [2.75, 3.05) is 11.9 Å². The van der Waals surface area contributed by atoms with Crippen molar-refractivity contribution in [3.05, 3.63) is 12.1 Å². The molecule has 3 nitrogen and oxygen atoms in total. The minimum atomic E-state index is -0.140. The molecular formula is C11H17NO2S. The highest BCUT2D eigenvalue weighted by molar-refractivity contribution is 7.80. The molecule has 0 radical (unpaired) electrons. The third-order valence-electron chi connectivity index (χ3n) is 2.19. The number of unbranched alkanes of at least 4 members (excludes halogenated alkanes) is 2. The van der Waals surface area contributed by atoms with Crippen LogP contribution in [0.3, 0.4) is 0 Å². The van der Waals surface area contributed by atoms with Gasteiger partial charge in [0.15, 0.2) is 11.5 Å². The average Bonchev–Trinajstić information content (AvgIpc) is 2.20. The van der Waals surface area contributed by atoms with Crippen molar-refractivity contribution < 1.29 is 10.2 Å². The number of phenolic OH excluding ortho intramolecular Hbond substituents is 2. The zero-order chi connectivity index (χ0) is 11.3. The van der Waals surface area contributed by atoms with Crippen LogP contribution in [0.25, 0.3) is 0 Å². The van der Waals surface area contributed by atoms with Gasteiger partial charge in [0.05, 0.1) is 5.69 Å². The highest BCUT2D eigenvalue weighted by Gasteiger charge is 2.05. The first-order valence-corrected chi connectivity index (χ1v) is 5.58. The fourth-order valence-corrected chi connectivity index (χ4v) is 1.57. The van der Waals surface area contributed by atoms with Crippen molar-refractivity contribution >= 4 is 18.3 Å². The van der Waals surface area contributed by atoms with Gasteiger partial charge in [0, 0.05) is 17.5 Å². The molecule has 0 aliphatic heterocycles. The average molecular weight is 227 g/mol. The van der Waals surface area contributed by atoms with Crippen LogP contribution in [-0.2, 0) is 0 Å². The van der Waals surface area contributed by atoms with Crippen LogP contribution in [-0.4, -0.2) is 16.8 Å². The number of rotatable bonds is 5.